The average molecular weight is 210 g/mol. The Bertz CT molecular complexity index is 222. The van der Waals surface area contributed by atoms with Gasteiger partial charge < -0.3 is 10.2 Å². The van der Waals surface area contributed by atoms with E-state index in [1.165, 1.54) is 25.7 Å². The molecule has 1 amide bonds. The molecule has 1 N–H and O–H groups in total. The first-order chi connectivity index (χ1) is 7.25. The highest BCUT2D eigenvalue weighted by molar-refractivity contribution is 5.78. The molecule has 0 radical (unpaired) electrons. The van der Waals surface area contributed by atoms with Crippen molar-refractivity contribution < 1.29 is 4.79 Å². The maximum Gasteiger partial charge on any atom is 0.236 e. The first-order valence-corrected chi connectivity index (χ1v) is 6.24. The molecule has 0 aromatic rings. The molecule has 2 fully saturated rings. The van der Waals surface area contributed by atoms with Crippen LogP contribution >= 0.6 is 0 Å². The zero-order chi connectivity index (χ0) is 10.7. The summed E-state index contributed by atoms with van der Waals surface area (Å²) in [5.41, 5.74) is 0. The highest BCUT2D eigenvalue weighted by Crippen LogP contribution is 2.28. The predicted molar refractivity (Wildman–Crippen MR) is 60.6 cm³/mol. The van der Waals surface area contributed by atoms with Crippen LogP contribution in [0.1, 0.15) is 32.6 Å². The quantitative estimate of drug-likeness (QED) is 0.744. The van der Waals surface area contributed by atoms with Gasteiger partial charge in [0.05, 0.1) is 6.54 Å². The molecule has 3 heteroatoms. The van der Waals surface area contributed by atoms with Crippen LogP contribution in [0.25, 0.3) is 0 Å². The van der Waals surface area contributed by atoms with Crippen LogP contribution in [0.2, 0.25) is 0 Å². The molecule has 0 spiro atoms. The third-order valence-corrected chi connectivity index (χ3v) is 3.80. The van der Waals surface area contributed by atoms with E-state index in [1.807, 2.05) is 0 Å². The summed E-state index contributed by atoms with van der Waals surface area (Å²) in [6.45, 7) is 5.77. The Balaban J connectivity index is 1.78. The van der Waals surface area contributed by atoms with Gasteiger partial charge in [0.1, 0.15) is 0 Å². The van der Waals surface area contributed by atoms with Crippen LogP contribution in [-0.4, -0.2) is 37.0 Å². The van der Waals surface area contributed by atoms with Crippen molar-refractivity contribution in [2.24, 2.45) is 11.8 Å². The number of hydrogen-bond acceptors (Lipinski definition) is 2. The molecular formula is C12H22N2O. The second kappa shape index (κ2) is 4.97. The largest absolute Gasteiger partial charge is 0.340 e. The molecule has 0 atom stereocenters. The molecule has 2 aliphatic rings. The highest BCUT2D eigenvalue weighted by Gasteiger charge is 2.24. The smallest absolute Gasteiger partial charge is 0.236 e. The summed E-state index contributed by atoms with van der Waals surface area (Å²) in [6, 6.07) is 0. The van der Waals surface area contributed by atoms with Gasteiger partial charge in [-0.25, -0.2) is 0 Å². The maximum atomic E-state index is 11.6. The molecule has 1 aliphatic heterocycles. The van der Waals surface area contributed by atoms with Gasteiger partial charge in [-0.05, 0) is 24.7 Å². The Labute approximate surface area is 92.2 Å². The minimum atomic E-state index is 0.292. The standard InChI is InChI=1S/C12H22N2O/c1-10-2-4-11(5-3-10)9-14-7-6-13-8-12(14)15/h10-11,13H,2-9H2,1H3. The summed E-state index contributed by atoms with van der Waals surface area (Å²) in [7, 11) is 0. The van der Waals surface area contributed by atoms with E-state index in [-0.39, 0.29) is 0 Å². The number of nitrogens with zero attached hydrogens (tertiary/aromatic N) is 1. The van der Waals surface area contributed by atoms with Crippen LogP contribution in [-0.2, 0) is 4.79 Å². The van der Waals surface area contributed by atoms with E-state index < -0.39 is 0 Å². The lowest BCUT2D eigenvalue weighted by Gasteiger charge is -2.33. The van der Waals surface area contributed by atoms with Gasteiger partial charge in [-0.1, -0.05) is 19.8 Å². The number of amides is 1. The first-order valence-electron chi connectivity index (χ1n) is 6.24. The maximum absolute atomic E-state index is 11.6. The number of carbonyl (C=O) groups is 1. The zero-order valence-corrected chi connectivity index (χ0v) is 9.67. The summed E-state index contributed by atoms with van der Waals surface area (Å²) in [6.07, 6.45) is 5.34. The molecule has 0 bridgehead atoms. The highest BCUT2D eigenvalue weighted by atomic mass is 16.2. The summed E-state index contributed by atoms with van der Waals surface area (Å²) >= 11 is 0. The van der Waals surface area contributed by atoms with Gasteiger partial charge in [0.15, 0.2) is 0 Å². The summed E-state index contributed by atoms with van der Waals surface area (Å²) in [4.78, 5) is 13.6. The zero-order valence-electron chi connectivity index (χ0n) is 9.67. The summed E-state index contributed by atoms with van der Waals surface area (Å²) < 4.78 is 0. The van der Waals surface area contributed by atoms with Crippen molar-refractivity contribution in [3.05, 3.63) is 0 Å². The summed E-state index contributed by atoms with van der Waals surface area (Å²) in [5.74, 6) is 1.96. The first kappa shape index (κ1) is 10.9. The van der Waals surface area contributed by atoms with E-state index in [2.05, 4.69) is 17.1 Å². The Morgan fingerprint density at radius 3 is 2.73 bits per heavy atom. The van der Waals surface area contributed by atoms with Crippen molar-refractivity contribution in [1.82, 2.24) is 10.2 Å². The monoisotopic (exact) mass is 210 g/mol. The van der Waals surface area contributed by atoms with Gasteiger partial charge >= 0.3 is 0 Å². The van der Waals surface area contributed by atoms with Crippen molar-refractivity contribution >= 4 is 5.91 Å². The van der Waals surface area contributed by atoms with Crippen LogP contribution in [0.3, 0.4) is 0 Å². The molecule has 0 aromatic carbocycles. The molecule has 0 unspecified atom stereocenters. The van der Waals surface area contributed by atoms with E-state index in [0.29, 0.717) is 12.5 Å². The molecule has 0 aromatic heterocycles. The fourth-order valence-corrected chi connectivity index (χ4v) is 2.66. The fraction of sp³-hybridized carbons (Fsp3) is 0.917. The number of rotatable bonds is 2. The van der Waals surface area contributed by atoms with Crippen LogP contribution in [0.15, 0.2) is 0 Å². The van der Waals surface area contributed by atoms with E-state index in [9.17, 15) is 4.79 Å². The lowest BCUT2D eigenvalue weighted by Crippen LogP contribution is -2.49. The Morgan fingerprint density at radius 1 is 1.33 bits per heavy atom. The van der Waals surface area contributed by atoms with E-state index >= 15 is 0 Å². The Kier molecular flexibility index (Phi) is 3.62. The predicted octanol–water partition coefficient (Wildman–Crippen LogP) is 1.24. The van der Waals surface area contributed by atoms with Gasteiger partial charge in [-0.2, -0.15) is 0 Å². The van der Waals surface area contributed by atoms with E-state index in [1.54, 1.807) is 0 Å². The van der Waals surface area contributed by atoms with Gasteiger partial charge in [0.25, 0.3) is 0 Å². The second-order valence-corrected chi connectivity index (χ2v) is 5.14. The SMILES string of the molecule is CC1CCC(CN2CCNCC2=O)CC1. The third kappa shape index (κ3) is 2.94. The lowest BCUT2D eigenvalue weighted by atomic mass is 9.83. The molecule has 86 valence electrons. The lowest BCUT2D eigenvalue weighted by molar-refractivity contribution is -0.132. The van der Waals surface area contributed by atoms with E-state index in [4.69, 9.17) is 0 Å². The molecule has 1 saturated heterocycles. The number of nitrogens with one attached hydrogen (secondary N) is 1. The van der Waals surface area contributed by atoms with Crippen LogP contribution in [0.5, 0.6) is 0 Å². The van der Waals surface area contributed by atoms with Crippen molar-refractivity contribution in [1.29, 1.82) is 0 Å². The van der Waals surface area contributed by atoms with Crippen molar-refractivity contribution in [2.45, 2.75) is 32.6 Å². The average Bonchev–Trinajstić information content (AvgIpc) is 2.25. The molecular weight excluding hydrogens is 188 g/mol. The van der Waals surface area contributed by atoms with E-state index in [0.717, 1.165) is 31.5 Å². The molecule has 2 rings (SSSR count). The van der Waals surface area contributed by atoms with Crippen LogP contribution < -0.4 is 5.32 Å². The Hall–Kier alpha value is -0.570. The van der Waals surface area contributed by atoms with Crippen molar-refractivity contribution in [2.75, 3.05) is 26.2 Å². The molecule has 1 heterocycles. The minimum absolute atomic E-state index is 0.292. The second-order valence-electron chi connectivity index (χ2n) is 5.14. The fourth-order valence-electron chi connectivity index (χ4n) is 2.66. The molecule has 3 nitrogen and oxygen atoms in total. The number of piperazine rings is 1. The van der Waals surface area contributed by atoms with Gasteiger partial charge in [-0.3, -0.25) is 4.79 Å². The number of carbonyl (C=O) groups excluding carboxylic acids is 1. The topological polar surface area (TPSA) is 32.3 Å². The normalized spacial score (nSPS) is 33.1. The molecule has 15 heavy (non-hydrogen) atoms. The minimum Gasteiger partial charge on any atom is -0.340 e. The van der Waals surface area contributed by atoms with Gasteiger partial charge in [-0.15, -0.1) is 0 Å². The molecule has 1 saturated carbocycles. The molecule has 1 aliphatic carbocycles. The third-order valence-electron chi connectivity index (χ3n) is 3.80. The van der Waals surface area contributed by atoms with Gasteiger partial charge in [0.2, 0.25) is 5.91 Å². The van der Waals surface area contributed by atoms with Crippen molar-refractivity contribution in [3.8, 4) is 0 Å². The number of hydrogen-bond donors (Lipinski definition) is 1. The van der Waals surface area contributed by atoms with Crippen LogP contribution in [0.4, 0.5) is 0 Å². The van der Waals surface area contributed by atoms with Crippen LogP contribution in [0, 0.1) is 11.8 Å². The summed E-state index contributed by atoms with van der Waals surface area (Å²) in [5, 5.41) is 3.12. The van der Waals surface area contributed by atoms with Gasteiger partial charge in [0, 0.05) is 19.6 Å². The Morgan fingerprint density at radius 2 is 2.07 bits per heavy atom. The van der Waals surface area contributed by atoms with Crippen molar-refractivity contribution in [3.63, 3.8) is 0 Å².